The third-order valence-corrected chi connectivity index (χ3v) is 6.63. The highest BCUT2D eigenvalue weighted by Crippen LogP contribution is 2.23. The smallest absolute Gasteiger partial charge is 0.317 e. The Kier molecular flexibility index (Phi) is 7.36. The summed E-state index contributed by atoms with van der Waals surface area (Å²) < 4.78 is 0. The molecule has 0 spiro atoms. The molecule has 5 nitrogen and oxygen atoms in total. The van der Waals surface area contributed by atoms with Crippen LogP contribution in [0.25, 0.3) is 0 Å². The van der Waals surface area contributed by atoms with E-state index in [9.17, 15) is 4.79 Å². The number of carbonyl (C=O) groups excluding carboxylic acids is 1. The lowest BCUT2D eigenvalue weighted by Crippen LogP contribution is -2.54. The number of piperidine rings is 1. The first-order chi connectivity index (χ1) is 13.5. The molecule has 1 aromatic rings. The van der Waals surface area contributed by atoms with Crippen LogP contribution in [0.4, 0.5) is 4.79 Å². The monoisotopic (exact) mass is 386 g/mol. The topological polar surface area (TPSA) is 38.8 Å². The number of carbonyl (C=O) groups is 1. The van der Waals surface area contributed by atoms with Crippen LogP contribution in [0.2, 0.25) is 0 Å². The Bertz CT molecular complexity index is 646. The normalized spacial score (nSPS) is 20.9. The van der Waals surface area contributed by atoms with E-state index in [0.29, 0.717) is 6.04 Å². The van der Waals surface area contributed by atoms with Gasteiger partial charge in [0.2, 0.25) is 0 Å². The van der Waals surface area contributed by atoms with Crippen molar-refractivity contribution in [1.82, 2.24) is 20.0 Å². The second-order valence-corrected chi connectivity index (χ2v) is 8.46. The van der Waals surface area contributed by atoms with E-state index < -0.39 is 0 Å². The predicted molar refractivity (Wildman–Crippen MR) is 116 cm³/mol. The number of rotatable bonds is 5. The van der Waals surface area contributed by atoms with Crippen LogP contribution in [-0.2, 0) is 0 Å². The summed E-state index contributed by atoms with van der Waals surface area (Å²) in [6, 6.07) is 7.34. The molecule has 0 radical (unpaired) electrons. The molecular formula is C23H38N4O. The Morgan fingerprint density at radius 3 is 2.32 bits per heavy atom. The Morgan fingerprint density at radius 1 is 1.07 bits per heavy atom. The van der Waals surface area contributed by atoms with Gasteiger partial charge in [0, 0.05) is 45.3 Å². The lowest BCUT2D eigenvalue weighted by molar-refractivity contribution is 0.0672. The van der Waals surface area contributed by atoms with E-state index in [2.05, 4.69) is 61.0 Å². The third kappa shape index (κ3) is 5.06. The van der Waals surface area contributed by atoms with Crippen molar-refractivity contribution in [3.8, 4) is 0 Å². The molecule has 0 aromatic heterocycles. The molecule has 3 rings (SSSR count). The van der Waals surface area contributed by atoms with Crippen molar-refractivity contribution >= 4 is 6.03 Å². The molecule has 1 aromatic carbocycles. The maximum atomic E-state index is 12.9. The maximum absolute atomic E-state index is 12.9. The Balaban J connectivity index is 1.50. The lowest BCUT2D eigenvalue weighted by atomic mass is 9.97. The fourth-order valence-corrected chi connectivity index (χ4v) is 4.74. The van der Waals surface area contributed by atoms with E-state index in [1.165, 1.54) is 42.9 Å². The fraction of sp³-hybridized carbons (Fsp3) is 0.696. The minimum atomic E-state index is 0.0907. The van der Waals surface area contributed by atoms with Crippen molar-refractivity contribution in [2.75, 3.05) is 45.8 Å². The average molecular weight is 387 g/mol. The molecule has 1 N–H and O–H groups in total. The molecule has 1 atom stereocenters. The van der Waals surface area contributed by atoms with Gasteiger partial charge in [-0.3, -0.25) is 4.90 Å². The van der Waals surface area contributed by atoms with E-state index in [4.69, 9.17) is 0 Å². The number of hydrogen-bond acceptors (Lipinski definition) is 3. The summed E-state index contributed by atoms with van der Waals surface area (Å²) >= 11 is 0. The van der Waals surface area contributed by atoms with E-state index in [-0.39, 0.29) is 12.1 Å². The molecule has 2 aliphatic heterocycles. The highest BCUT2D eigenvalue weighted by Gasteiger charge is 2.29. The molecule has 2 saturated heterocycles. The molecule has 0 aliphatic carbocycles. The van der Waals surface area contributed by atoms with Crippen LogP contribution >= 0.6 is 0 Å². The number of benzene rings is 1. The summed E-state index contributed by atoms with van der Waals surface area (Å²) in [6.45, 7) is 16.3. The molecule has 2 aliphatic rings. The van der Waals surface area contributed by atoms with Crippen LogP contribution in [0.5, 0.6) is 0 Å². The SMILES string of the molecule is CC[C@@H](NC(=O)N1CCC(N2CCN(CC)CC2)CC1)c1ccc(C)cc1C. The number of nitrogens with zero attached hydrogens (tertiary/aromatic N) is 3. The van der Waals surface area contributed by atoms with Crippen LogP contribution < -0.4 is 5.32 Å². The summed E-state index contributed by atoms with van der Waals surface area (Å²) in [4.78, 5) is 20.1. The van der Waals surface area contributed by atoms with Crippen LogP contribution in [0.3, 0.4) is 0 Å². The minimum Gasteiger partial charge on any atom is -0.331 e. The summed E-state index contributed by atoms with van der Waals surface area (Å²) in [5.74, 6) is 0. The number of likely N-dealkylation sites (N-methyl/N-ethyl adjacent to an activating group) is 1. The Morgan fingerprint density at radius 2 is 1.75 bits per heavy atom. The quantitative estimate of drug-likeness (QED) is 0.841. The summed E-state index contributed by atoms with van der Waals surface area (Å²) in [7, 11) is 0. The molecule has 2 heterocycles. The molecule has 156 valence electrons. The van der Waals surface area contributed by atoms with Gasteiger partial charge in [0.05, 0.1) is 6.04 Å². The first-order valence-electron chi connectivity index (χ1n) is 11.1. The Hall–Kier alpha value is -1.59. The van der Waals surface area contributed by atoms with Crippen LogP contribution in [0, 0.1) is 13.8 Å². The van der Waals surface area contributed by atoms with Gasteiger partial charge in [0.15, 0.2) is 0 Å². The van der Waals surface area contributed by atoms with Crippen molar-refractivity contribution in [2.24, 2.45) is 0 Å². The minimum absolute atomic E-state index is 0.0907. The third-order valence-electron chi connectivity index (χ3n) is 6.63. The molecule has 28 heavy (non-hydrogen) atoms. The van der Waals surface area contributed by atoms with Crippen LogP contribution in [-0.4, -0.2) is 72.6 Å². The zero-order valence-electron chi connectivity index (χ0n) is 18.2. The first kappa shape index (κ1) is 21.1. The molecule has 5 heteroatoms. The van der Waals surface area contributed by atoms with Gasteiger partial charge in [0.25, 0.3) is 0 Å². The molecule has 2 fully saturated rings. The predicted octanol–water partition coefficient (Wildman–Crippen LogP) is 3.57. The molecule has 0 saturated carbocycles. The highest BCUT2D eigenvalue weighted by molar-refractivity contribution is 5.75. The fourth-order valence-electron chi connectivity index (χ4n) is 4.74. The standard InChI is InChI=1S/C23H38N4O/c1-5-22(21-8-7-18(3)17-19(21)4)24-23(28)27-11-9-20(10-12-27)26-15-13-25(6-2)14-16-26/h7-8,17,20,22H,5-6,9-16H2,1-4H3,(H,24,28)/t22-/m1/s1. The van der Waals surface area contributed by atoms with Gasteiger partial charge in [-0.15, -0.1) is 0 Å². The molecular weight excluding hydrogens is 348 g/mol. The lowest BCUT2D eigenvalue weighted by Gasteiger charge is -2.42. The van der Waals surface area contributed by atoms with E-state index in [1.54, 1.807) is 0 Å². The van der Waals surface area contributed by atoms with Crippen molar-refractivity contribution in [1.29, 1.82) is 0 Å². The number of likely N-dealkylation sites (tertiary alicyclic amines) is 1. The van der Waals surface area contributed by atoms with Gasteiger partial charge < -0.3 is 15.1 Å². The van der Waals surface area contributed by atoms with Crippen molar-refractivity contribution in [3.05, 3.63) is 34.9 Å². The van der Waals surface area contributed by atoms with Crippen molar-refractivity contribution in [3.63, 3.8) is 0 Å². The largest absolute Gasteiger partial charge is 0.331 e. The van der Waals surface area contributed by atoms with Crippen molar-refractivity contribution < 1.29 is 4.79 Å². The summed E-state index contributed by atoms with van der Waals surface area (Å²) in [5, 5.41) is 3.29. The van der Waals surface area contributed by atoms with E-state index in [1.807, 2.05) is 4.90 Å². The molecule has 2 amide bonds. The van der Waals surface area contributed by atoms with Gasteiger partial charge in [-0.2, -0.15) is 0 Å². The van der Waals surface area contributed by atoms with E-state index >= 15 is 0 Å². The van der Waals surface area contributed by atoms with Crippen LogP contribution in [0.1, 0.15) is 55.8 Å². The summed E-state index contributed by atoms with van der Waals surface area (Å²) in [6.07, 6.45) is 3.10. The number of hydrogen-bond donors (Lipinski definition) is 1. The average Bonchev–Trinajstić information content (AvgIpc) is 2.72. The first-order valence-corrected chi connectivity index (χ1v) is 11.1. The van der Waals surface area contributed by atoms with E-state index in [0.717, 1.165) is 38.9 Å². The number of aryl methyl sites for hydroxylation is 2. The summed E-state index contributed by atoms with van der Waals surface area (Å²) in [5.41, 5.74) is 3.77. The Labute approximate surface area is 171 Å². The zero-order valence-corrected chi connectivity index (χ0v) is 18.2. The number of piperazine rings is 1. The molecule has 0 unspecified atom stereocenters. The van der Waals surface area contributed by atoms with Gasteiger partial charge >= 0.3 is 6.03 Å². The van der Waals surface area contributed by atoms with Gasteiger partial charge in [-0.25, -0.2) is 4.79 Å². The number of urea groups is 1. The highest BCUT2D eigenvalue weighted by atomic mass is 16.2. The zero-order chi connectivity index (χ0) is 20.1. The molecule has 0 bridgehead atoms. The maximum Gasteiger partial charge on any atom is 0.317 e. The second-order valence-electron chi connectivity index (χ2n) is 8.46. The van der Waals surface area contributed by atoms with Crippen molar-refractivity contribution in [2.45, 2.75) is 59.0 Å². The second kappa shape index (κ2) is 9.75. The number of amides is 2. The van der Waals surface area contributed by atoms with Gasteiger partial charge in [0.1, 0.15) is 0 Å². The van der Waals surface area contributed by atoms with Crippen LogP contribution in [0.15, 0.2) is 18.2 Å². The number of nitrogens with one attached hydrogen (secondary N) is 1. The van der Waals surface area contributed by atoms with Gasteiger partial charge in [-0.05, 0) is 50.8 Å². The van der Waals surface area contributed by atoms with Gasteiger partial charge in [-0.1, -0.05) is 37.6 Å².